The molecule has 0 atom stereocenters. The molecule has 166 valence electrons. The van der Waals surface area contributed by atoms with Gasteiger partial charge >= 0.3 is 5.97 Å². The number of esters is 1. The predicted molar refractivity (Wildman–Crippen MR) is 115 cm³/mol. The van der Waals surface area contributed by atoms with E-state index in [4.69, 9.17) is 14.7 Å². The minimum Gasteiger partial charge on any atom is -0.482 e. The second-order valence-electron chi connectivity index (χ2n) is 9.79. The minimum atomic E-state index is -0.558. The van der Waals surface area contributed by atoms with Crippen molar-refractivity contribution in [3.05, 3.63) is 29.3 Å². The smallest absolute Gasteiger partial charge is 0.344 e. The summed E-state index contributed by atoms with van der Waals surface area (Å²) < 4.78 is 10.8. The molecule has 5 rings (SSSR count). The molecule has 0 spiro atoms. The minimum absolute atomic E-state index is 0.148. The molecule has 4 saturated carbocycles. The molecule has 1 aromatic rings. The van der Waals surface area contributed by atoms with E-state index in [1.165, 1.54) is 19.3 Å². The van der Waals surface area contributed by atoms with Gasteiger partial charge < -0.3 is 14.4 Å². The van der Waals surface area contributed by atoms with E-state index in [-0.39, 0.29) is 24.7 Å². The standard InChI is InChI=1S/C25H32N2O4/c1-17-4-5-22(8-18(17)2)30-16-24(29)31-15-23(28)27(7-3-6-26)25-12-19-9-20(13-25)11-21(10-19)14-25/h4-5,8,19-21H,3,7,9-16H2,1-2H3. The number of ether oxygens (including phenoxy) is 2. The zero-order valence-corrected chi connectivity index (χ0v) is 18.6. The summed E-state index contributed by atoms with van der Waals surface area (Å²) in [6.07, 6.45) is 7.23. The Morgan fingerprint density at radius 2 is 1.71 bits per heavy atom. The van der Waals surface area contributed by atoms with Crippen molar-refractivity contribution in [2.45, 2.75) is 64.3 Å². The second-order valence-corrected chi connectivity index (χ2v) is 9.79. The maximum atomic E-state index is 13.1. The molecule has 0 aliphatic heterocycles. The average molecular weight is 425 g/mol. The maximum Gasteiger partial charge on any atom is 0.344 e. The van der Waals surface area contributed by atoms with Gasteiger partial charge in [-0.25, -0.2) is 4.79 Å². The fourth-order valence-corrected chi connectivity index (χ4v) is 6.39. The molecule has 31 heavy (non-hydrogen) atoms. The molecule has 0 radical (unpaired) electrons. The molecular weight excluding hydrogens is 392 g/mol. The van der Waals surface area contributed by atoms with Crippen LogP contribution in [0.3, 0.4) is 0 Å². The molecule has 1 amide bonds. The summed E-state index contributed by atoms with van der Waals surface area (Å²) in [5, 5.41) is 9.12. The quantitative estimate of drug-likeness (QED) is 0.591. The van der Waals surface area contributed by atoms with Gasteiger partial charge in [-0.3, -0.25) is 4.79 Å². The van der Waals surface area contributed by atoms with E-state index in [9.17, 15) is 9.59 Å². The first kappa shape index (κ1) is 21.7. The number of benzene rings is 1. The monoisotopic (exact) mass is 424 g/mol. The Hall–Kier alpha value is -2.55. The number of carbonyl (C=O) groups is 2. The van der Waals surface area contributed by atoms with Crippen LogP contribution in [0.4, 0.5) is 0 Å². The summed E-state index contributed by atoms with van der Waals surface area (Å²) in [5.41, 5.74) is 2.10. The van der Waals surface area contributed by atoms with Crippen molar-refractivity contribution >= 4 is 11.9 Å². The first-order valence-corrected chi connectivity index (χ1v) is 11.4. The van der Waals surface area contributed by atoms with Crippen molar-refractivity contribution in [1.82, 2.24) is 4.90 Å². The highest BCUT2D eigenvalue weighted by atomic mass is 16.6. The summed E-state index contributed by atoms with van der Waals surface area (Å²) in [4.78, 5) is 27.2. The fraction of sp³-hybridized carbons (Fsp3) is 0.640. The summed E-state index contributed by atoms with van der Waals surface area (Å²) >= 11 is 0. The normalized spacial score (nSPS) is 28.1. The van der Waals surface area contributed by atoms with Gasteiger partial charge in [-0.05, 0) is 93.4 Å². The molecule has 0 aromatic heterocycles. The Balaban J connectivity index is 1.34. The SMILES string of the molecule is Cc1ccc(OCC(=O)OCC(=O)N(CCC#N)C23CC4CC(CC(C4)C2)C3)cc1C. The molecule has 6 nitrogen and oxygen atoms in total. The van der Waals surface area contributed by atoms with E-state index < -0.39 is 5.97 Å². The molecule has 4 aliphatic rings. The van der Waals surface area contributed by atoms with Gasteiger partial charge in [0, 0.05) is 12.1 Å². The van der Waals surface area contributed by atoms with Crippen LogP contribution in [-0.2, 0) is 14.3 Å². The van der Waals surface area contributed by atoms with Gasteiger partial charge in [0.1, 0.15) is 5.75 Å². The van der Waals surface area contributed by atoms with E-state index in [1.54, 1.807) is 0 Å². The van der Waals surface area contributed by atoms with Crippen molar-refractivity contribution in [1.29, 1.82) is 5.26 Å². The topological polar surface area (TPSA) is 79.6 Å². The highest BCUT2D eigenvalue weighted by Crippen LogP contribution is 2.57. The Morgan fingerprint density at radius 1 is 1.06 bits per heavy atom. The van der Waals surface area contributed by atoms with Crippen LogP contribution in [0.15, 0.2) is 18.2 Å². The van der Waals surface area contributed by atoms with Crippen molar-refractivity contribution in [3.8, 4) is 11.8 Å². The van der Waals surface area contributed by atoms with Crippen LogP contribution in [0, 0.1) is 42.9 Å². The summed E-state index contributed by atoms with van der Waals surface area (Å²) in [5.74, 6) is 1.94. The first-order valence-electron chi connectivity index (χ1n) is 11.4. The lowest BCUT2D eigenvalue weighted by Gasteiger charge is -2.60. The van der Waals surface area contributed by atoms with Gasteiger partial charge in [0.2, 0.25) is 0 Å². The van der Waals surface area contributed by atoms with Gasteiger partial charge in [-0.15, -0.1) is 0 Å². The van der Waals surface area contributed by atoms with Crippen molar-refractivity contribution in [2.24, 2.45) is 17.8 Å². The molecule has 4 aliphatic carbocycles. The highest BCUT2D eigenvalue weighted by Gasteiger charge is 2.54. The van der Waals surface area contributed by atoms with Crippen LogP contribution in [0.5, 0.6) is 5.75 Å². The van der Waals surface area contributed by atoms with Gasteiger partial charge in [-0.1, -0.05) is 6.07 Å². The van der Waals surface area contributed by atoms with Crippen molar-refractivity contribution in [3.63, 3.8) is 0 Å². The lowest BCUT2D eigenvalue weighted by Crippen LogP contribution is -2.62. The number of amides is 1. The second kappa shape index (κ2) is 8.90. The van der Waals surface area contributed by atoms with Gasteiger partial charge in [-0.2, -0.15) is 5.26 Å². The molecule has 4 fully saturated rings. The van der Waals surface area contributed by atoms with Crippen LogP contribution in [0.1, 0.15) is 56.1 Å². The van der Waals surface area contributed by atoms with Crippen LogP contribution in [0.2, 0.25) is 0 Å². The Morgan fingerprint density at radius 3 is 2.29 bits per heavy atom. The van der Waals surface area contributed by atoms with E-state index in [0.29, 0.717) is 36.5 Å². The highest BCUT2D eigenvalue weighted by molar-refractivity contribution is 5.81. The maximum absolute atomic E-state index is 13.1. The van der Waals surface area contributed by atoms with Crippen LogP contribution >= 0.6 is 0 Å². The predicted octanol–water partition coefficient (Wildman–Crippen LogP) is 3.94. The van der Waals surface area contributed by atoms with Gasteiger partial charge in [0.25, 0.3) is 5.91 Å². The molecule has 1 aromatic carbocycles. The fourth-order valence-electron chi connectivity index (χ4n) is 6.39. The number of aryl methyl sites for hydroxylation is 2. The zero-order chi connectivity index (χ0) is 22.0. The number of nitrogens with zero attached hydrogens (tertiary/aromatic N) is 2. The van der Waals surface area contributed by atoms with E-state index in [2.05, 4.69) is 6.07 Å². The molecular formula is C25H32N2O4. The number of rotatable bonds is 8. The lowest BCUT2D eigenvalue weighted by atomic mass is 9.52. The first-order chi connectivity index (χ1) is 14.9. The molecule has 4 bridgehead atoms. The molecule has 0 unspecified atom stereocenters. The Kier molecular flexibility index (Phi) is 6.22. The summed E-state index contributed by atoms with van der Waals surface area (Å²) in [6.45, 7) is 3.89. The number of carbonyl (C=O) groups excluding carboxylic acids is 2. The third kappa shape index (κ3) is 4.71. The summed E-state index contributed by atoms with van der Waals surface area (Å²) in [7, 11) is 0. The molecule has 0 N–H and O–H groups in total. The van der Waals surface area contributed by atoms with E-state index >= 15 is 0 Å². The number of hydrogen-bond acceptors (Lipinski definition) is 5. The molecule has 6 heteroatoms. The third-order valence-corrected chi connectivity index (χ3v) is 7.52. The third-order valence-electron chi connectivity index (χ3n) is 7.52. The van der Waals surface area contributed by atoms with E-state index in [1.807, 2.05) is 36.9 Å². The van der Waals surface area contributed by atoms with Crippen LogP contribution in [0.25, 0.3) is 0 Å². The zero-order valence-electron chi connectivity index (χ0n) is 18.6. The van der Waals surface area contributed by atoms with Gasteiger partial charge in [0.15, 0.2) is 13.2 Å². The average Bonchev–Trinajstić information content (AvgIpc) is 2.72. The Bertz CT molecular complexity index is 853. The van der Waals surface area contributed by atoms with Crippen molar-refractivity contribution < 1.29 is 19.1 Å². The molecule has 0 saturated heterocycles. The van der Waals surface area contributed by atoms with Crippen LogP contribution < -0.4 is 4.74 Å². The van der Waals surface area contributed by atoms with Crippen LogP contribution in [-0.4, -0.2) is 42.1 Å². The lowest BCUT2D eigenvalue weighted by molar-refractivity contribution is -0.163. The van der Waals surface area contributed by atoms with Gasteiger partial charge in [0.05, 0.1) is 12.5 Å². The molecule has 0 heterocycles. The largest absolute Gasteiger partial charge is 0.482 e. The van der Waals surface area contributed by atoms with Crippen molar-refractivity contribution in [2.75, 3.05) is 19.8 Å². The number of hydrogen-bond donors (Lipinski definition) is 0. The Labute approximate surface area is 184 Å². The summed E-state index contributed by atoms with van der Waals surface area (Å²) in [6, 6.07) is 7.81. The number of nitriles is 1. The van der Waals surface area contributed by atoms with E-state index in [0.717, 1.165) is 30.4 Å².